The maximum absolute atomic E-state index is 6.22. The van der Waals surface area contributed by atoms with Crippen LogP contribution in [0, 0.1) is 6.92 Å². The van der Waals surface area contributed by atoms with E-state index in [9.17, 15) is 0 Å². The van der Waals surface area contributed by atoms with Gasteiger partial charge < -0.3 is 10.2 Å². The van der Waals surface area contributed by atoms with Crippen LogP contribution in [0.2, 0.25) is 0 Å². The third-order valence-electron chi connectivity index (χ3n) is 2.90. The van der Waals surface area contributed by atoms with Crippen LogP contribution in [0.25, 0.3) is 0 Å². The number of thioether (sulfide) groups is 1. The van der Waals surface area contributed by atoms with E-state index >= 15 is 0 Å². The summed E-state index contributed by atoms with van der Waals surface area (Å²) in [6.45, 7) is 4.07. The van der Waals surface area contributed by atoms with E-state index in [0.717, 1.165) is 22.8 Å². The number of nitrogens with zero attached hydrogens (tertiary/aromatic N) is 1. The van der Waals surface area contributed by atoms with E-state index in [1.807, 2.05) is 37.4 Å². The highest BCUT2D eigenvalue weighted by Crippen LogP contribution is 2.38. The summed E-state index contributed by atoms with van der Waals surface area (Å²) in [6.07, 6.45) is 4.45. The van der Waals surface area contributed by atoms with Crippen molar-refractivity contribution in [2.75, 3.05) is 0 Å². The Labute approximate surface area is 112 Å². The number of rotatable bonds is 5. The van der Waals surface area contributed by atoms with Crippen LogP contribution < -0.4 is 5.73 Å². The molecule has 0 saturated carbocycles. The van der Waals surface area contributed by atoms with Crippen LogP contribution in [-0.4, -0.2) is 11.0 Å². The first-order valence-corrected chi connectivity index (χ1v) is 6.97. The fourth-order valence-corrected chi connectivity index (χ4v) is 3.01. The lowest BCUT2D eigenvalue weighted by Gasteiger charge is -2.21. The number of hydrogen-bond donors (Lipinski definition) is 1. The Hall–Kier alpha value is -1.26. The molecule has 0 spiro atoms. The number of hydrogen-bond acceptors (Lipinski definition) is 4. The van der Waals surface area contributed by atoms with Crippen LogP contribution in [0.15, 0.2) is 46.0 Å². The summed E-state index contributed by atoms with van der Waals surface area (Å²) in [5.74, 6) is 0.934. The van der Waals surface area contributed by atoms with Crippen molar-refractivity contribution < 1.29 is 4.42 Å². The fraction of sp³-hybridized carbons (Fsp3) is 0.357. The van der Waals surface area contributed by atoms with Gasteiger partial charge >= 0.3 is 0 Å². The van der Waals surface area contributed by atoms with Crippen LogP contribution >= 0.6 is 11.8 Å². The van der Waals surface area contributed by atoms with E-state index in [0.29, 0.717) is 0 Å². The monoisotopic (exact) mass is 262 g/mol. The molecule has 2 N–H and O–H groups in total. The van der Waals surface area contributed by atoms with Gasteiger partial charge in [0.1, 0.15) is 5.76 Å². The number of furan rings is 1. The Balaban J connectivity index is 2.24. The molecule has 2 aromatic heterocycles. The largest absolute Gasteiger partial charge is 0.468 e. The molecule has 0 aromatic carbocycles. The van der Waals surface area contributed by atoms with Crippen molar-refractivity contribution in [1.29, 1.82) is 0 Å². The average molecular weight is 262 g/mol. The van der Waals surface area contributed by atoms with E-state index in [2.05, 4.69) is 11.9 Å². The van der Waals surface area contributed by atoms with Gasteiger partial charge in [-0.15, -0.1) is 11.8 Å². The molecule has 0 fully saturated rings. The number of aromatic nitrogens is 1. The number of aryl methyl sites for hydroxylation is 1. The molecule has 0 aliphatic carbocycles. The molecule has 0 saturated heterocycles. The topological polar surface area (TPSA) is 52.0 Å². The van der Waals surface area contributed by atoms with Gasteiger partial charge in [-0.25, -0.2) is 0 Å². The maximum atomic E-state index is 6.22. The summed E-state index contributed by atoms with van der Waals surface area (Å²) in [4.78, 5) is 5.56. The normalized spacial score (nSPS) is 14.4. The van der Waals surface area contributed by atoms with Gasteiger partial charge in [-0.2, -0.15) is 0 Å². The molecular weight excluding hydrogens is 244 g/mol. The molecule has 3 nitrogen and oxygen atoms in total. The molecule has 0 bridgehead atoms. The van der Waals surface area contributed by atoms with Gasteiger partial charge in [0.15, 0.2) is 0 Å². The van der Waals surface area contributed by atoms with Crippen molar-refractivity contribution >= 4 is 11.8 Å². The molecule has 0 radical (unpaired) electrons. The minimum atomic E-state index is 0.0826. The highest BCUT2D eigenvalue weighted by molar-refractivity contribution is 7.99. The first-order chi connectivity index (χ1) is 8.72. The molecule has 2 atom stereocenters. The third-order valence-corrected chi connectivity index (χ3v) is 4.43. The Kier molecular flexibility index (Phi) is 4.44. The summed E-state index contributed by atoms with van der Waals surface area (Å²) in [5.41, 5.74) is 7.25. The lowest BCUT2D eigenvalue weighted by atomic mass is 10.1. The van der Waals surface area contributed by atoms with E-state index in [1.165, 1.54) is 0 Å². The quantitative estimate of drug-likeness (QED) is 0.837. The molecule has 96 valence electrons. The predicted octanol–water partition coefficient (Wildman–Crippen LogP) is 3.55. The van der Waals surface area contributed by atoms with E-state index in [4.69, 9.17) is 10.2 Å². The van der Waals surface area contributed by atoms with E-state index in [-0.39, 0.29) is 11.3 Å². The first-order valence-electron chi connectivity index (χ1n) is 6.09. The standard InChI is InChI=1S/C14H18N2OS/c1-3-11(15)14(12-6-4-5-8-16-12)18-13-7-9-17-10(13)2/h4-9,11,14H,3,15H2,1-2H3. The first kappa shape index (κ1) is 13.2. The molecule has 0 aliphatic rings. The summed E-state index contributed by atoms with van der Waals surface area (Å²) < 4.78 is 5.33. The number of pyridine rings is 1. The Morgan fingerprint density at radius 2 is 2.22 bits per heavy atom. The molecule has 0 amide bonds. The lowest BCUT2D eigenvalue weighted by Crippen LogP contribution is -2.26. The fourth-order valence-electron chi connectivity index (χ4n) is 1.76. The zero-order valence-electron chi connectivity index (χ0n) is 10.7. The molecule has 2 unspecified atom stereocenters. The SMILES string of the molecule is CCC(N)C(Sc1ccoc1C)c1ccccn1. The average Bonchev–Trinajstić information content (AvgIpc) is 2.81. The Morgan fingerprint density at radius 3 is 2.78 bits per heavy atom. The zero-order valence-corrected chi connectivity index (χ0v) is 11.5. The second-order valence-corrected chi connectivity index (χ2v) is 5.39. The minimum Gasteiger partial charge on any atom is -0.468 e. The second-order valence-electron chi connectivity index (χ2n) is 4.21. The van der Waals surface area contributed by atoms with Gasteiger partial charge in [-0.05, 0) is 31.5 Å². The van der Waals surface area contributed by atoms with Crippen molar-refractivity contribution in [3.63, 3.8) is 0 Å². The van der Waals surface area contributed by atoms with Gasteiger partial charge in [0.25, 0.3) is 0 Å². The van der Waals surface area contributed by atoms with Crippen molar-refractivity contribution in [3.8, 4) is 0 Å². The highest BCUT2D eigenvalue weighted by Gasteiger charge is 2.22. The summed E-state index contributed by atoms with van der Waals surface area (Å²) in [5, 5.41) is 0.160. The number of nitrogens with two attached hydrogens (primary N) is 1. The van der Waals surface area contributed by atoms with Gasteiger partial charge in [0.2, 0.25) is 0 Å². The highest BCUT2D eigenvalue weighted by atomic mass is 32.2. The van der Waals surface area contributed by atoms with Crippen LogP contribution in [0.3, 0.4) is 0 Å². The van der Waals surface area contributed by atoms with Crippen LogP contribution in [-0.2, 0) is 0 Å². The van der Waals surface area contributed by atoms with Crippen LogP contribution in [0.5, 0.6) is 0 Å². The van der Waals surface area contributed by atoms with E-state index < -0.39 is 0 Å². The van der Waals surface area contributed by atoms with Crippen molar-refractivity contribution in [1.82, 2.24) is 4.98 Å². The maximum Gasteiger partial charge on any atom is 0.114 e. The minimum absolute atomic E-state index is 0.0826. The molecule has 2 heterocycles. The van der Waals surface area contributed by atoms with E-state index in [1.54, 1.807) is 18.0 Å². The van der Waals surface area contributed by atoms with Crippen LogP contribution in [0.1, 0.15) is 30.0 Å². The second kappa shape index (κ2) is 6.07. The van der Waals surface area contributed by atoms with Crippen molar-refractivity contribution in [3.05, 3.63) is 48.2 Å². The van der Waals surface area contributed by atoms with Gasteiger partial charge in [-0.1, -0.05) is 13.0 Å². The lowest BCUT2D eigenvalue weighted by molar-refractivity contribution is 0.526. The Bertz CT molecular complexity index is 484. The summed E-state index contributed by atoms with van der Waals surface area (Å²) in [6, 6.07) is 8.02. The molecule has 0 aliphatic heterocycles. The molecule has 18 heavy (non-hydrogen) atoms. The van der Waals surface area contributed by atoms with Gasteiger partial charge in [0.05, 0.1) is 17.2 Å². The molecule has 2 rings (SSSR count). The summed E-state index contributed by atoms with van der Waals surface area (Å²) >= 11 is 1.73. The van der Waals surface area contributed by atoms with Crippen molar-refractivity contribution in [2.45, 2.75) is 36.5 Å². The Morgan fingerprint density at radius 1 is 1.39 bits per heavy atom. The zero-order chi connectivity index (χ0) is 13.0. The third kappa shape index (κ3) is 2.94. The molecular formula is C14H18N2OS. The molecule has 4 heteroatoms. The van der Waals surface area contributed by atoms with Crippen molar-refractivity contribution in [2.24, 2.45) is 5.73 Å². The van der Waals surface area contributed by atoms with Gasteiger partial charge in [0, 0.05) is 17.1 Å². The predicted molar refractivity (Wildman–Crippen MR) is 74.5 cm³/mol. The smallest absolute Gasteiger partial charge is 0.114 e. The summed E-state index contributed by atoms with van der Waals surface area (Å²) in [7, 11) is 0. The van der Waals surface area contributed by atoms with Gasteiger partial charge in [-0.3, -0.25) is 4.98 Å². The molecule has 2 aromatic rings. The van der Waals surface area contributed by atoms with Crippen LogP contribution in [0.4, 0.5) is 0 Å².